The maximum absolute atomic E-state index is 12.9. The molecular formula is C28H35N3O4S. The smallest absolute Gasteiger partial charge is 0.306 e. The molecule has 0 aliphatic heterocycles. The molecule has 0 unspecified atom stereocenters. The van der Waals surface area contributed by atoms with E-state index in [-0.39, 0.29) is 30.6 Å². The van der Waals surface area contributed by atoms with Crippen LogP contribution in [0.3, 0.4) is 0 Å². The van der Waals surface area contributed by atoms with Gasteiger partial charge in [-0.25, -0.2) is 0 Å². The van der Waals surface area contributed by atoms with Crippen LogP contribution in [0.1, 0.15) is 43.9 Å². The molecule has 1 heterocycles. The summed E-state index contributed by atoms with van der Waals surface area (Å²) >= 11 is 5.70. The molecule has 0 fully saturated rings. The fourth-order valence-corrected chi connectivity index (χ4v) is 4.25. The Morgan fingerprint density at radius 1 is 1.14 bits per heavy atom. The monoisotopic (exact) mass is 509 g/mol. The van der Waals surface area contributed by atoms with Crippen LogP contribution in [0, 0.1) is 19.8 Å². The summed E-state index contributed by atoms with van der Waals surface area (Å²) in [6.07, 6.45) is 0.359. The Balaban J connectivity index is 1.81. The third kappa shape index (κ3) is 7.55. The maximum Gasteiger partial charge on any atom is 0.306 e. The number of anilines is 1. The quantitative estimate of drug-likeness (QED) is 0.282. The minimum absolute atomic E-state index is 0.167. The van der Waals surface area contributed by atoms with Gasteiger partial charge in [0, 0.05) is 17.7 Å². The van der Waals surface area contributed by atoms with Crippen LogP contribution in [0.4, 0.5) is 5.69 Å². The van der Waals surface area contributed by atoms with Gasteiger partial charge in [0.05, 0.1) is 25.2 Å². The number of hydrogen-bond donors (Lipinski definition) is 2. The first-order chi connectivity index (χ1) is 17.2. The number of H-pyrrole nitrogens is 1. The fraction of sp³-hybridized carbons (Fsp3) is 0.393. The highest BCUT2D eigenvalue weighted by Gasteiger charge is 2.16. The van der Waals surface area contributed by atoms with Crippen molar-refractivity contribution < 1.29 is 14.3 Å². The number of aromatic amines is 1. The number of carbonyl (C=O) groups is 1. The topological polar surface area (TPSA) is 83.7 Å². The molecule has 2 aromatic carbocycles. The summed E-state index contributed by atoms with van der Waals surface area (Å²) in [7, 11) is 0. The highest BCUT2D eigenvalue weighted by Crippen LogP contribution is 2.20. The van der Waals surface area contributed by atoms with E-state index in [1.54, 1.807) is 0 Å². The Labute approximate surface area is 217 Å². The van der Waals surface area contributed by atoms with E-state index in [1.165, 1.54) is 0 Å². The predicted octanol–water partition coefficient (Wildman–Crippen LogP) is 5.33. The van der Waals surface area contributed by atoms with E-state index >= 15 is 0 Å². The molecular weight excluding hydrogens is 474 g/mol. The number of nitrogens with zero attached hydrogens (tertiary/aromatic N) is 1. The van der Waals surface area contributed by atoms with Crippen LogP contribution in [0.5, 0.6) is 5.75 Å². The number of fused-ring (bicyclic) bond motifs is 1. The van der Waals surface area contributed by atoms with E-state index in [1.807, 2.05) is 75.9 Å². The molecule has 3 rings (SSSR count). The Hall–Kier alpha value is -3.39. The van der Waals surface area contributed by atoms with Gasteiger partial charge in [0.15, 0.2) is 5.11 Å². The second-order valence-corrected chi connectivity index (χ2v) is 9.68. The van der Waals surface area contributed by atoms with Crippen molar-refractivity contribution in [3.05, 3.63) is 69.5 Å². The molecule has 0 saturated heterocycles. The molecule has 7 nitrogen and oxygen atoms in total. The summed E-state index contributed by atoms with van der Waals surface area (Å²) < 4.78 is 10.9. The molecule has 0 saturated carbocycles. The molecule has 0 aliphatic rings. The second kappa shape index (κ2) is 12.5. The van der Waals surface area contributed by atoms with Crippen molar-refractivity contribution >= 4 is 39.9 Å². The van der Waals surface area contributed by atoms with Crippen LogP contribution in [0.25, 0.3) is 10.9 Å². The number of benzene rings is 2. The number of aromatic nitrogens is 1. The van der Waals surface area contributed by atoms with Crippen LogP contribution in [-0.4, -0.2) is 40.7 Å². The first-order valence-corrected chi connectivity index (χ1v) is 12.6. The highest BCUT2D eigenvalue weighted by atomic mass is 32.1. The summed E-state index contributed by atoms with van der Waals surface area (Å²) in [5.74, 6) is 0.750. The van der Waals surface area contributed by atoms with Crippen molar-refractivity contribution in [3.8, 4) is 5.75 Å². The van der Waals surface area contributed by atoms with Gasteiger partial charge in [0.25, 0.3) is 5.56 Å². The number of rotatable bonds is 10. The van der Waals surface area contributed by atoms with Gasteiger partial charge in [-0.3, -0.25) is 9.59 Å². The first-order valence-electron chi connectivity index (χ1n) is 12.2. The average molecular weight is 510 g/mol. The number of carbonyl (C=O) groups excluding carboxylic acids is 1. The van der Waals surface area contributed by atoms with E-state index in [4.69, 9.17) is 21.7 Å². The minimum Gasteiger partial charge on any atom is -0.494 e. The van der Waals surface area contributed by atoms with Gasteiger partial charge in [-0.1, -0.05) is 25.5 Å². The Morgan fingerprint density at radius 2 is 1.86 bits per heavy atom. The zero-order valence-corrected chi connectivity index (χ0v) is 22.5. The van der Waals surface area contributed by atoms with Gasteiger partial charge in [0.1, 0.15) is 12.4 Å². The number of ether oxygens (including phenoxy) is 2. The molecule has 0 spiro atoms. The molecule has 0 atom stereocenters. The zero-order valence-electron chi connectivity index (χ0n) is 21.6. The minimum atomic E-state index is -0.246. The third-order valence-electron chi connectivity index (χ3n) is 5.63. The van der Waals surface area contributed by atoms with Crippen molar-refractivity contribution in [1.29, 1.82) is 0 Å². The van der Waals surface area contributed by atoms with E-state index in [2.05, 4.69) is 16.4 Å². The van der Waals surface area contributed by atoms with Crippen molar-refractivity contribution in [1.82, 2.24) is 9.88 Å². The van der Waals surface area contributed by atoms with Crippen LogP contribution < -0.4 is 15.6 Å². The lowest BCUT2D eigenvalue weighted by Crippen LogP contribution is -2.38. The lowest BCUT2D eigenvalue weighted by molar-refractivity contribution is -0.144. The summed E-state index contributed by atoms with van der Waals surface area (Å²) in [5, 5.41) is 4.62. The highest BCUT2D eigenvalue weighted by molar-refractivity contribution is 7.80. The average Bonchev–Trinajstić information content (AvgIpc) is 2.80. The molecule has 0 radical (unpaired) electrons. The van der Waals surface area contributed by atoms with Gasteiger partial charge in [-0.2, -0.15) is 0 Å². The molecule has 3 aromatic rings. The van der Waals surface area contributed by atoms with Crippen molar-refractivity contribution in [3.63, 3.8) is 0 Å². The first kappa shape index (κ1) is 27.2. The van der Waals surface area contributed by atoms with Crippen molar-refractivity contribution in [2.24, 2.45) is 5.92 Å². The van der Waals surface area contributed by atoms with Crippen LogP contribution in [0.2, 0.25) is 0 Å². The molecule has 8 heteroatoms. The van der Waals surface area contributed by atoms with Gasteiger partial charge in [-0.15, -0.1) is 0 Å². The Morgan fingerprint density at radius 3 is 2.53 bits per heavy atom. The molecule has 0 amide bonds. The van der Waals surface area contributed by atoms with E-state index in [0.717, 1.165) is 33.5 Å². The molecule has 0 aliphatic carbocycles. The number of esters is 1. The third-order valence-corrected chi connectivity index (χ3v) is 5.99. The number of thiocarbonyl (C=S) groups is 1. The van der Waals surface area contributed by atoms with Crippen molar-refractivity contribution in [2.75, 3.05) is 25.1 Å². The Bertz CT molecular complexity index is 1270. The summed E-state index contributed by atoms with van der Waals surface area (Å²) in [5.41, 5.74) is 4.19. The number of hydrogen-bond acceptors (Lipinski definition) is 5. The summed E-state index contributed by atoms with van der Waals surface area (Å²) in [6.45, 7) is 11.3. The van der Waals surface area contributed by atoms with Crippen LogP contribution in [-0.2, 0) is 16.1 Å². The molecule has 1 aromatic heterocycles. The van der Waals surface area contributed by atoms with Crippen LogP contribution in [0.15, 0.2) is 47.3 Å². The summed E-state index contributed by atoms with van der Waals surface area (Å²) in [4.78, 5) is 29.8. The fourth-order valence-electron chi connectivity index (χ4n) is 3.97. The molecule has 0 bridgehead atoms. The van der Waals surface area contributed by atoms with Gasteiger partial charge in [-0.05, 0) is 86.3 Å². The van der Waals surface area contributed by atoms with Gasteiger partial charge in [0.2, 0.25) is 0 Å². The lowest BCUT2D eigenvalue weighted by atomic mass is 10.1. The van der Waals surface area contributed by atoms with Gasteiger partial charge >= 0.3 is 5.97 Å². The van der Waals surface area contributed by atoms with Crippen molar-refractivity contribution in [2.45, 2.75) is 47.6 Å². The standard InChI is InChI=1S/C28H35N3O4S/c1-6-34-24-9-7-23(8-10-24)29-28(36)31(11-12-35-25(32)13-18(2)3)17-22-16-21-15-19(4)14-20(5)26(21)30-27(22)33/h7-10,14-16,18H,6,11-13,17H2,1-5H3,(H,29,36)(H,30,33). The SMILES string of the molecule is CCOc1ccc(NC(=S)N(CCOC(=O)CC(C)C)Cc2cc3cc(C)cc(C)c3[nH]c2=O)cc1. The van der Waals surface area contributed by atoms with E-state index in [0.29, 0.717) is 30.2 Å². The van der Waals surface area contributed by atoms with Gasteiger partial charge < -0.3 is 24.7 Å². The number of nitrogens with one attached hydrogen (secondary N) is 2. The largest absolute Gasteiger partial charge is 0.494 e. The molecule has 2 N–H and O–H groups in total. The Kier molecular flexibility index (Phi) is 9.47. The zero-order chi connectivity index (χ0) is 26.2. The van der Waals surface area contributed by atoms with E-state index < -0.39 is 0 Å². The molecule has 192 valence electrons. The van der Waals surface area contributed by atoms with E-state index in [9.17, 15) is 9.59 Å². The second-order valence-electron chi connectivity index (χ2n) is 9.30. The number of aryl methyl sites for hydroxylation is 2. The van der Waals surface area contributed by atoms with Crippen LogP contribution >= 0.6 is 12.2 Å². The summed E-state index contributed by atoms with van der Waals surface area (Å²) in [6, 6.07) is 13.5. The predicted molar refractivity (Wildman–Crippen MR) is 149 cm³/mol. The number of pyridine rings is 1. The lowest BCUT2D eigenvalue weighted by Gasteiger charge is -2.26. The normalized spacial score (nSPS) is 10.9. The molecule has 36 heavy (non-hydrogen) atoms. The maximum atomic E-state index is 12.9.